The van der Waals surface area contributed by atoms with Gasteiger partial charge in [-0.25, -0.2) is 4.79 Å². The molecule has 0 radical (unpaired) electrons. The third-order valence-electron chi connectivity index (χ3n) is 1.63. The molecule has 0 amide bonds. The summed E-state index contributed by atoms with van der Waals surface area (Å²) in [5.74, 6) is -0.473. The second-order valence-electron chi connectivity index (χ2n) is 2.88. The molecule has 1 aromatic rings. The topological polar surface area (TPSA) is 38.7 Å². The maximum absolute atomic E-state index is 10.5. The van der Waals surface area contributed by atoms with Crippen molar-refractivity contribution in [3.63, 3.8) is 0 Å². The molecule has 0 aromatic heterocycles. The third-order valence-corrected chi connectivity index (χ3v) is 2.18. The molecular formula is C10H9Cl2NO2. The smallest absolute Gasteiger partial charge is 0.318 e. The Labute approximate surface area is 97.6 Å². The molecule has 5 heteroatoms. The quantitative estimate of drug-likeness (QED) is 0.456. The Morgan fingerprint density at radius 3 is 2.53 bits per heavy atom. The van der Waals surface area contributed by atoms with Crippen LogP contribution in [0.5, 0.6) is 0 Å². The molecule has 0 atom stereocenters. The average Bonchev–Trinajstić information content (AvgIpc) is 2.14. The van der Waals surface area contributed by atoms with Crippen molar-refractivity contribution in [2.24, 2.45) is 5.16 Å². The van der Waals surface area contributed by atoms with Gasteiger partial charge in [-0.2, -0.15) is 0 Å². The Hall–Kier alpha value is -1.06. The maximum atomic E-state index is 10.5. The third kappa shape index (κ3) is 3.53. The summed E-state index contributed by atoms with van der Waals surface area (Å²) in [5, 5.41) is 4.64. The van der Waals surface area contributed by atoms with Crippen LogP contribution in [-0.4, -0.2) is 11.7 Å². The molecule has 0 spiro atoms. The highest BCUT2D eigenvalue weighted by Crippen LogP contribution is 2.21. The summed E-state index contributed by atoms with van der Waals surface area (Å²) in [4.78, 5) is 15.0. The molecule has 0 unspecified atom stereocenters. The van der Waals surface area contributed by atoms with Crippen LogP contribution >= 0.6 is 23.2 Å². The van der Waals surface area contributed by atoms with Gasteiger partial charge in [-0.05, 0) is 19.1 Å². The molecule has 80 valence electrons. The van der Waals surface area contributed by atoms with E-state index in [0.717, 1.165) is 0 Å². The predicted octanol–water partition coefficient (Wildman–Crippen LogP) is 3.28. The van der Waals surface area contributed by atoms with Crippen LogP contribution in [0, 0.1) is 0 Å². The minimum atomic E-state index is -0.473. The highest BCUT2D eigenvalue weighted by molar-refractivity contribution is 6.36. The van der Waals surface area contributed by atoms with Gasteiger partial charge in [-0.3, -0.25) is 0 Å². The van der Waals surface area contributed by atoms with E-state index in [2.05, 4.69) is 9.99 Å². The van der Waals surface area contributed by atoms with Gasteiger partial charge in [-0.1, -0.05) is 34.4 Å². The van der Waals surface area contributed by atoms with Crippen molar-refractivity contribution in [3.8, 4) is 0 Å². The van der Waals surface area contributed by atoms with Crippen molar-refractivity contribution in [2.45, 2.75) is 13.8 Å². The summed E-state index contributed by atoms with van der Waals surface area (Å²) in [6.07, 6.45) is 0. The summed E-state index contributed by atoms with van der Waals surface area (Å²) < 4.78 is 0. The van der Waals surface area contributed by atoms with Crippen molar-refractivity contribution < 1.29 is 9.63 Å². The van der Waals surface area contributed by atoms with Gasteiger partial charge in [0.15, 0.2) is 0 Å². The Morgan fingerprint density at radius 2 is 2.00 bits per heavy atom. The van der Waals surface area contributed by atoms with Crippen LogP contribution in [0.25, 0.3) is 0 Å². The SMILES string of the molecule is CC(=O)ON=C(C)c1ccc(Cl)cc1Cl. The Balaban J connectivity index is 2.95. The van der Waals surface area contributed by atoms with Crippen LogP contribution in [0.2, 0.25) is 10.0 Å². The van der Waals surface area contributed by atoms with Gasteiger partial charge in [0.1, 0.15) is 0 Å². The van der Waals surface area contributed by atoms with E-state index >= 15 is 0 Å². The van der Waals surface area contributed by atoms with Crippen molar-refractivity contribution in [3.05, 3.63) is 33.8 Å². The molecule has 1 aromatic carbocycles. The fourth-order valence-electron chi connectivity index (χ4n) is 0.965. The van der Waals surface area contributed by atoms with Gasteiger partial charge in [0.2, 0.25) is 0 Å². The number of oxime groups is 1. The summed E-state index contributed by atoms with van der Waals surface area (Å²) in [6, 6.07) is 5.01. The van der Waals surface area contributed by atoms with Crippen LogP contribution in [0.1, 0.15) is 19.4 Å². The summed E-state index contributed by atoms with van der Waals surface area (Å²) in [6.45, 7) is 2.97. The second-order valence-corrected chi connectivity index (χ2v) is 3.73. The van der Waals surface area contributed by atoms with Gasteiger partial charge >= 0.3 is 5.97 Å². The predicted molar refractivity (Wildman–Crippen MR) is 60.4 cm³/mol. The summed E-state index contributed by atoms with van der Waals surface area (Å²) in [5.41, 5.74) is 1.20. The molecule has 0 saturated heterocycles. The molecule has 0 aliphatic rings. The zero-order valence-corrected chi connectivity index (χ0v) is 9.76. The molecule has 0 bridgehead atoms. The lowest BCUT2D eigenvalue weighted by atomic mass is 10.1. The van der Waals surface area contributed by atoms with E-state index < -0.39 is 5.97 Å². The zero-order valence-electron chi connectivity index (χ0n) is 8.25. The highest BCUT2D eigenvalue weighted by Gasteiger charge is 2.05. The lowest BCUT2D eigenvalue weighted by Crippen LogP contribution is -2.00. The van der Waals surface area contributed by atoms with Crippen molar-refractivity contribution in [1.29, 1.82) is 0 Å². The number of hydrogen-bond acceptors (Lipinski definition) is 3. The number of nitrogens with zero attached hydrogens (tertiary/aromatic N) is 1. The molecule has 0 aliphatic heterocycles. The first kappa shape index (κ1) is 12.0. The minimum Gasteiger partial charge on any atom is -0.318 e. The Morgan fingerprint density at radius 1 is 1.33 bits per heavy atom. The van der Waals surface area contributed by atoms with Crippen LogP contribution < -0.4 is 0 Å². The minimum absolute atomic E-state index is 0.468. The molecule has 3 nitrogen and oxygen atoms in total. The van der Waals surface area contributed by atoms with Crippen molar-refractivity contribution >= 4 is 34.9 Å². The first-order chi connectivity index (χ1) is 7.00. The van der Waals surface area contributed by atoms with Gasteiger partial charge in [0.25, 0.3) is 0 Å². The number of halogens is 2. The molecule has 1 rings (SSSR count). The Kier molecular flexibility index (Phi) is 4.12. The number of carbonyl (C=O) groups is 1. The van der Waals surface area contributed by atoms with Crippen molar-refractivity contribution in [2.75, 3.05) is 0 Å². The van der Waals surface area contributed by atoms with E-state index in [1.54, 1.807) is 25.1 Å². The lowest BCUT2D eigenvalue weighted by Gasteiger charge is -2.03. The fraction of sp³-hybridized carbons (Fsp3) is 0.200. The maximum Gasteiger partial charge on any atom is 0.331 e. The Bertz CT molecular complexity index is 416. The number of rotatable bonds is 2. The van der Waals surface area contributed by atoms with Crippen molar-refractivity contribution in [1.82, 2.24) is 0 Å². The zero-order chi connectivity index (χ0) is 11.4. The summed E-state index contributed by atoms with van der Waals surface area (Å²) >= 11 is 11.7. The normalized spacial score (nSPS) is 11.3. The molecule has 0 aliphatic carbocycles. The number of benzene rings is 1. The first-order valence-corrected chi connectivity index (χ1v) is 4.94. The molecule has 15 heavy (non-hydrogen) atoms. The van der Waals surface area contributed by atoms with E-state index in [1.807, 2.05) is 0 Å². The largest absolute Gasteiger partial charge is 0.331 e. The van der Waals surface area contributed by atoms with Crippen LogP contribution in [-0.2, 0) is 9.63 Å². The monoisotopic (exact) mass is 245 g/mol. The fourth-order valence-corrected chi connectivity index (χ4v) is 1.51. The highest BCUT2D eigenvalue weighted by atomic mass is 35.5. The molecular weight excluding hydrogens is 237 g/mol. The molecule has 0 N–H and O–H groups in total. The van der Waals surface area contributed by atoms with E-state index in [1.165, 1.54) is 6.92 Å². The van der Waals surface area contributed by atoms with Crippen LogP contribution in [0.3, 0.4) is 0 Å². The average molecular weight is 246 g/mol. The van der Waals surface area contributed by atoms with Crippen LogP contribution in [0.4, 0.5) is 0 Å². The van der Waals surface area contributed by atoms with E-state index in [0.29, 0.717) is 21.3 Å². The van der Waals surface area contributed by atoms with Gasteiger partial charge in [0, 0.05) is 17.5 Å². The lowest BCUT2D eigenvalue weighted by molar-refractivity contribution is -0.140. The molecule has 0 fully saturated rings. The number of hydrogen-bond donors (Lipinski definition) is 0. The van der Waals surface area contributed by atoms with Gasteiger partial charge in [0.05, 0.1) is 10.7 Å². The second kappa shape index (κ2) is 5.14. The van der Waals surface area contributed by atoms with E-state index in [-0.39, 0.29) is 0 Å². The number of carbonyl (C=O) groups excluding carboxylic acids is 1. The van der Waals surface area contributed by atoms with E-state index in [4.69, 9.17) is 23.2 Å². The first-order valence-electron chi connectivity index (χ1n) is 4.18. The molecule has 0 heterocycles. The van der Waals surface area contributed by atoms with Gasteiger partial charge < -0.3 is 4.84 Å². The van der Waals surface area contributed by atoms with Gasteiger partial charge in [-0.15, -0.1) is 0 Å². The van der Waals surface area contributed by atoms with Crippen LogP contribution in [0.15, 0.2) is 23.4 Å². The standard InChI is InChI=1S/C10H9Cl2NO2/c1-6(13-15-7(2)14)9-4-3-8(11)5-10(9)12/h3-5H,1-2H3. The van der Waals surface area contributed by atoms with E-state index in [9.17, 15) is 4.79 Å². The molecule has 0 saturated carbocycles. The summed E-state index contributed by atoms with van der Waals surface area (Å²) in [7, 11) is 0.